The number of hydrogen-bond donors (Lipinski definition) is 1. The molecular formula is C27H27NO6. The third kappa shape index (κ3) is 5.75. The zero-order valence-corrected chi connectivity index (χ0v) is 19.6. The fraction of sp³-hybridized carbons (Fsp3) is 0.185. The Balaban J connectivity index is 2.05. The van der Waals surface area contributed by atoms with Crippen LogP contribution in [0.15, 0.2) is 66.7 Å². The summed E-state index contributed by atoms with van der Waals surface area (Å²) in [6, 6.07) is 20.9. The van der Waals surface area contributed by atoms with E-state index in [9.17, 15) is 9.59 Å². The number of amides is 1. The van der Waals surface area contributed by atoms with E-state index in [2.05, 4.69) is 5.32 Å². The maximum atomic E-state index is 13.0. The lowest BCUT2D eigenvalue weighted by Gasteiger charge is -2.14. The molecule has 0 aliphatic carbocycles. The van der Waals surface area contributed by atoms with Gasteiger partial charge >= 0.3 is 5.97 Å². The Morgan fingerprint density at radius 3 is 1.94 bits per heavy atom. The zero-order valence-electron chi connectivity index (χ0n) is 19.6. The molecule has 0 saturated carbocycles. The third-order valence-electron chi connectivity index (χ3n) is 5.13. The summed E-state index contributed by atoms with van der Waals surface area (Å²) in [6.45, 7) is -0.385. The molecule has 0 fully saturated rings. The van der Waals surface area contributed by atoms with Gasteiger partial charge in [0.25, 0.3) is 5.91 Å². The highest BCUT2D eigenvalue weighted by Gasteiger charge is 2.18. The monoisotopic (exact) mass is 461 g/mol. The number of ether oxygens (including phenoxy) is 4. The Labute approximate surface area is 198 Å². The van der Waals surface area contributed by atoms with E-state index in [1.54, 1.807) is 18.2 Å². The number of benzene rings is 3. The van der Waals surface area contributed by atoms with Crippen molar-refractivity contribution >= 4 is 23.5 Å². The summed E-state index contributed by atoms with van der Waals surface area (Å²) in [5.74, 6) is 0.305. The van der Waals surface area contributed by atoms with Crippen molar-refractivity contribution in [3.05, 3.63) is 77.9 Å². The van der Waals surface area contributed by atoms with Gasteiger partial charge in [0.1, 0.15) is 0 Å². The molecule has 0 saturated heterocycles. The quantitative estimate of drug-likeness (QED) is 0.292. The summed E-state index contributed by atoms with van der Waals surface area (Å²) in [7, 11) is 6.04. The van der Waals surface area contributed by atoms with Gasteiger partial charge in [-0.05, 0) is 40.5 Å². The lowest BCUT2D eigenvalue weighted by molar-refractivity contribution is -0.142. The van der Waals surface area contributed by atoms with Crippen LogP contribution >= 0.6 is 0 Å². The van der Waals surface area contributed by atoms with Crippen LogP contribution in [0, 0.1) is 0 Å². The van der Waals surface area contributed by atoms with Crippen LogP contribution in [0.2, 0.25) is 0 Å². The molecule has 3 aromatic rings. The molecule has 0 atom stereocenters. The van der Waals surface area contributed by atoms with Gasteiger partial charge < -0.3 is 24.3 Å². The van der Waals surface area contributed by atoms with E-state index in [4.69, 9.17) is 18.9 Å². The van der Waals surface area contributed by atoms with Crippen molar-refractivity contribution in [3.63, 3.8) is 0 Å². The number of rotatable bonds is 9. The van der Waals surface area contributed by atoms with Crippen LogP contribution in [0.4, 0.5) is 0 Å². The van der Waals surface area contributed by atoms with Crippen molar-refractivity contribution in [2.75, 3.05) is 35.0 Å². The first-order valence-corrected chi connectivity index (χ1v) is 10.6. The molecule has 7 nitrogen and oxygen atoms in total. The lowest BCUT2D eigenvalue weighted by atomic mass is 9.98. The third-order valence-corrected chi connectivity index (χ3v) is 5.13. The molecule has 0 aromatic heterocycles. The summed E-state index contributed by atoms with van der Waals surface area (Å²) >= 11 is 0. The fourth-order valence-electron chi connectivity index (χ4n) is 3.37. The number of esters is 1. The van der Waals surface area contributed by atoms with Crippen LogP contribution in [-0.4, -0.2) is 46.9 Å². The summed E-state index contributed by atoms with van der Waals surface area (Å²) < 4.78 is 21.5. The largest absolute Gasteiger partial charge is 0.493 e. The highest BCUT2D eigenvalue weighted by atomic mass is 16.5. The van der Waals surface area contributed by atoms with Crippen LogP contribution in [0.3, 0.4) is 0 Å². The van der Waals surface area contributed by atoms with Gasteiger partial charge in [0.2, 0.25) is 5.75 Å². The summed E-state index contributed by atoms with van der Waals surface area (Å²) in [6.07, 6.45) is 1.66. The molecule has 0 radical (unpaired) electrons. The van der Waals surface area contributed by atoms with E-state index in [-0.39, 0.29) is 12.2 Å². The first-order chi connectivity index (χ1) is 16.5. The van der Waals surface area contributed by atoms with Crippen molar-refractivity contribution in [2.24, 2.45) is 0 Å². The molecule has 7 heteroatoms. The SMILES string of the molecule is CNC(=O)COC(=O)C(=Cc1cc(OC)c(OC)c(OC)c1)c1ccc(-c2ccccc2)cc1. The molecule has 176 valence electrons. The Hall–Kier alpha value is -4.26. The highest BCUT2D eigenvalue weighted by Crippen LogP contribution is 2.39. The van der Waals surface area contributed by atoms with Gasteiger partial charge in [0.15, 0.2) is 18.1 Å². The molecule has 34 heavy (non-hydrogen) atoms. The smallest absolute Gasteiger partial charge is 0.339 e. The first kappa shape index (κ1) is 24.4. The number of hydrogen-bond acceptors (Lipinski definition) is 6. The van der Waals surface area contributed by atoms with E-state index in [0.717, 1.165) is 11.1 Å². The Morgan fingerprint density at radius 2 is 1.41 bits per heavy atom. The standard InChI is InChI=1S/C27H27NO6/c1-28-25(29)17-34-27(30)22(14-18-15-23(31-2)26(33-4)24(16-18)32-3)21-12-10-20(11-13-21)19-8-6-5-7-9-19/h5-16H,17H2,1-4H3,(H,28,29). The zero-order chi connectivity index (χ0) is 24.5. The molecule has 0 aliphatic heterocycles. The van der Waals surface area contributed by atoms with E-state index in [1.165, 1.54) is 28.4 Å². The summed E-state index contributed by atoms with van der Waals surface area (Å²) in [4.78, 5) is 24.6. The Bertz CT molecular complexity index is 1140. The first-order valence-electron chi connectivity index (χ1n) is 10.6. The van der Waals surface area contributed by atoms with Gasteiger partial charge in [0.05, 0.1) is 26.9 Å². The predicted octanol–water partition coefficient (Wildman–Crippen LogP) is 4.21. The van der Waals surface area contributed by atoms with E-state index in [0.29, 0.717) is 28.4 Å². The number of nitrogens with one attached hydrogen (secondary N) is 1. The second-order valence-electron chi connectivity index (χ2n) is 7.21. The molecule has 3 aromatic carbocycles. The Kier molecular flexibility index (Phi) is 8.29. The maximum Gasteiger partial charge on any atom is 0.339 e. The van der Waals surface area contributed by atoms with Crippen molar-refractivity contribution in [1.29, 1.82) is 0 Å². The van der Waals surface area contributed by atoms with Crippen LogP contribution in [-0.2, 0) is 14.3 Å². The van der Waals surface area contributed by atoms with Gasteiger partial charge in [-0.3, -0.25) is 4.79 Å². The van der Waals surface area contributed by atoms with Gasteiger partial charge in [-0.2, -0.15) is 0 Å². The molecule has 1 N–H and O–H groups in total. The minimum Gasteiger partial charge on any atom is -0.493 e. The molecular weight excluding hydrogens is 434 g/mol. The van der Waals surface area contributed by atoms with E-state index < -0.39 is 11.9 Å². The minimum absolute atomic E-state index is 0.276. The predicted molar refractivity (Wildman–Crippen MR) is 131 cm³/mol. The van der Waals surface area contributed by atoms with Crippen molar-refractivity contribution in [2.45, 2.75) is 0 Å². The van der Waals surface area contributed by atoms with E-state index >= 15 is 0 Å². The molecule has 0 spiro atoms. The summed E-state index contributed by atoms with van der Waals surface area (Å²) in [5, 5.41) is 2.43. The number of methoxy groups -OCH3 is 3. The van der Waals surface area contributed by atoms with Crippen molar-refractivity contribution in [3.8, 4) is 28.4 Å². The number of likely N-dealkylation sites (N-methyl/N-ethyl adjacent to an activating group) is 1. The molecule has 0 heterocycles. The van der Waals surface area contributed by atoms with Crippen LogP contribution < -0.4 is 19.5 Å². The second kappa shape index (κ2) is 11.6. The van der Waals surface area contributed by atoms with Crippen LogP contribution in [0.25, 0.3) is 22.8 Å². The topological polar surface area (TPSA) is 83.1 Å². The van der Waals surface area contributed by atoms with Crippen LogP contribution in [0.1, 0.15) is 11.1 Å². The summed E-state index contributed by atoms with van der Waals surface area (Å²) in [5.41, 5.74) is 3.61. The van der Waals surface area contributed by atoms with Gasteiger partial charge in [-0.25, -0.2) is 4.79 Å². The van der Waals surface area contributed by atoms with Crippen LogP contribution in [0.5, 0.6) is 17.2 Å². The average molecular weight is 462 g/mol. The minimum atomic E-state index is -0.634. The maximum absolute atomic E-state index is 13.0. The molecule has 0 bridgehead atoms. The number of carbonyl (C=O) groups is 2. The molecule has 0 unspecified atom stereocenters. The van der Waals surface area contributed by atoms with E-state index in [1.807, 2.05) is 54.6 Å². The van der Waals surface area contributed by atoms with Crippen molar-refractivity contribution in [1.82, 2.24) is 5.32 Å². The molecule has 1 amide bonds. The molecule has 0 aliphatic rings. The van der Waals surface area contributed by atoms with Gasteiger partial charge in [-0.1, -0.05) is 54.6 Å². The van der Waals surface area contributed by atoms with Crippen molar-refractivity contribution < 1.29 is 28.5 Å². The lowest BCUT2D eigenvalue weighted by Crippen LogP contribution is -2.25. The fourth-order valence-corrected chi connectivity index (χ4v) is 3.37. The highest BCUT2D eigenvalue weighted by molar-refractivity contribution is 6.22. The van der Waals surface area contributed by atoms with Gasteiger partial charge in [0, 0.05) is 7.05 Å². The normalized spacial score (nSPS) is 10.9. The average Bonchev–Trinajstić information content (AvgIpc) is 2.90. The second-order valence-corrected chi connectivity index (χ2v) is 7.21. The molecule has 3 rings (SSSR count). The number of carbonyl (C=O) groups excluding carboxylic acids is 2. The van der Waals surface area contributed by atoms with Gasteiger partial charge in [-0.15, -0.1) is 0 Å². The Morgan fingerprint density at radius 1 is 0.824 bits per heavy atom.